The van der Waals surface area contributed by atoms with Crippen LogP contribution in [0.15, 0.2) is 0 Å². The topological polar surface area (TPSA) is 94.1 Å². The normalized spacial score (nSPS) is 14.5. The van der Waals surface area contributed by atoms with E-state index in [-0.39, 0.29) is 31.0 Å². The molecule has 160 valence electrons. The first kappa shape index (κ1) is 25.8. The molecule has 2 atom stereocenters. The highest BCUT2D eigenvalue weighted by atomic mass is 16.7. The molecule has 0 rings (SSSR count). The van der Waals surface area contributed by atoms with Gasteiger partial charge in [-0.3, -0.25) is 9.59 Å². The number of aliphatic hydroxyl groups excluding tert-OH is 1. The average molecular weight is 390 g/mol. The van der Waals surface area contributed by atoms with Gasteiger partial charge in [0.25, 0.3) is 0 Å². The first-order chi connectivity index (χ1) is 12.4. The number of hydrogen-bond donors (Lipinski definition) is 2. The Morgan fingerprint density at radius 3 is 2.19 bits per heavy atom. The van der Waals surface area contributed by atoms with E-state index < -0.39 is 24.0 Å². The van der Waals surface area contributed by atoms with Gasteiger partial charge in [0.1, 0.15) is 6.61 Å². The second kappa shape index (κ2) is 12.3. The predicted molar refractivity (Wildman–Crippen MR) is 104 cm³/mol. The van der Waals surface area contributed by atoms with Crippen molar-refractivity contribution in [3.8, 4) is 0 Å². The van der Waals surface area contributed by atoms with Crippen molar-refractivity contribution in [3.63, 3.8) is 0 Å². The molecule has 0 radical (unpaired) electrons. The molecule has 0 aliphatic heterocycles. The van der Waals surface area contributed by atoms with Crippen LogP contribution in [0.25, 0.3) is 0 Å². The van der Waals surface area contributed by atoms with Crippen LogP contribution in [-0.4, -0.2) is 54.7 Å². The fraction of sp³-hybridized carbons (Fsp3) is 0.900. The SMILES string of the molecule is CCCNC(=O)CCCC(=O)OCC(OC(CO)C(C)(C)C)OC(C)(C)C. The standard InChI is InChI=1S/C20H39NO6/c1-8-12-21-16(23)10-9-11-17(24)25-14-18(27-20(5,6)7)26-15(13-22)19(2,3)4/h15,18,22H,8-14H2,1-7H3,(H,21,23). The maximum absolute atomic E-state index is 11.9. The van der Waals surface area contributed by atoms with Crippen LogP contribution in [0, 0.1) is 5.41 Å². The summed E-state index contributed by atoms with van der Waals surface area (Å²) in [4.78, 5) is 23.5. The van der Waals surface area contributed by atoms with Crippen LogP contribution in [0.2, 0.25) is 0 Å². The quantitative estimate of drug-likeness (QED) is 0.394. The van der Waals surface area contributed by atoms with Gasteiger partial charge in [0, 0.05) is 19.4 Å². The van der Waals surface area contributed by atoms with E-state index in [0.717, 1.165) is 6.42 Å². The van der Waals surface area contributed by atoms with Crippen molar-refractivity contribution in [1.82, 2.24) is 5.32 Å². The van der Waals surface area contributed by atoms with Crippen molar-refractivity contribution in [3.05, 3.63) is 0 Å². The second-order valence-electron chi connectivity index (χ2n) is 8.72. The summed E-state index contributed by atoms with van der Waals surface area (Å²) in [6, 6.07) is 0. The average Bonchev–Trinajstić information content (AvgIpc) is 2.52. The number of hydrogen-bond acceptors (Lipinski definition) is 6. The Labute approximate surface area is 164 Å². The fourth-order valence-corrected chi connectivity index (χ4v) is 2.18. The summed E-state index contributed by atoms with van der Waals surface area (Å²) in [5, 5.41) is 12.4. The van der Waals surface area contributed by atoms with Crippen LogP contribution < -0.4 is 5.32 Å². The lowest BCUT2D eigenvalue weighted by Crippen LogP contribution is -2.42. The summed E-state index contributed by atoms with van der Waals surface area (Å²) >= 11 is 0. The third-order valence-corrected chi connectivity index (χ3v) is 3.67. The predicted octanol–water partition coefficient (Wildman–Crippen LogP) is 2.79. The highest BCUT2D eigenvalue weighted by molar-refractivity contribution is 5.76. The van der Waals surface area contributed by atoms with E-state index in [0.29, 0.717) is 19.4 Å². The maximum Gasteiger partial charge on any atom is 0.305 e. The number of amides is 1. The summed E-state index contributed by atoms with van der Waals surface area (Å²) < 4.78 is 17.0. The molecule has 7 nitrogen and oxygen atoms in total. The van der Waals surface area contributed by atoms with Gasteiger partial charge >= 0.3 is 5.97 Å². The number of carbonyl (C=O) groups excluding carboxylic acids is 2. The molecular formula is C20H39NO6. The molecule has 0 spiro atoms. The lowest BCUT2D eigenvalue weighted by molar-refractivity contribution is -0.251. The summed E-state index contributed by atoms with van der Waals surface area (Å²) in [5.74, 6) is -0.460. The molecule has 0 saturated carbocycles. The van der Waals surface area contributed by atoms with Gasteiger partial charge in [-0.15, -0.1) is 0 Å². The number of carbonyl (C=O) groups is 2. The Kier molecular flexibility index (Phi) is 11.8. The first-order valence-corrected chi connectivity index (χ1v) is 9.75. The minimum atomic E-state index is -0.779. The number of nitrogens with one attached hydrogen (secondary N) is 1. The molecule has 2 N–H and O–H groups in total. The van der Waals surface area contributed by atoms with Gasteiger partial charge in [0.2, 0.25) is 5.91 Å². The highest BCUT2D eigenvalue weighted by Gasteiger charge is 2.30. The van der Waals surface area contributed by atoms with Crippen molar-refractivity contribution in [2.24, 2.45) is 5.41 Å². The zero-order valence-electron chi connectivity index (χ0n) is 18.1. The highest BCUT2D eigenvalue weighted by Crippen LogP contribution is 2.25. The fourth-order valence-electron chi connectivity index (χ4n) is 2.18. The van der Waals surface area contributed by atoms with Crippen LogP contribution in [0.3, 0.4) is 0 Å². The Morgan fingerprint density at radius 1 is 1.07 bits per heavy atom. The zero-order chi connectivity index (χ0) is 21.1. The van der Waals surface area contributed by atoms with Crippen molar-refractivity contribution in [1.29, 1.82) is 0 Å². The summed E-state index contributed by atoms with van der Waals surface area (Å²) in [6.45, 7) is 13.9. The van der Waals surface area contributed by atoms with Gasteiger partial charge in [-0.2, -0.15) is 0 Å². The minimum Gasteiger partial charge on any atom is -0.460 e. The summed E-state index contributed by atoms with van der Waals surface area (Å²) in [7, 11) is 0. The molecule has 0 aliphatic carbocycles. The Morgan fingerprint density at radius 2 is 1.70 bits per heavy atom. The van der Waals surface area contributed by atoms with Crippen LogP contribution in [0.1, 0.15) is 74.1 Å². The number of rotatable bonds is 12. The van der Waals surface area contributed by atoms with Crippen LogP contribution in [0.5, 0.6) is 0 Å². The van der Waals surface area contributed by atoms with Gasteiger partial charge in [-0.25, -0.2) is 0 Å². The van der Waals surface area contributed by atoms with E-state index in [1.54, 1.807) is 0 Å². The lowest BCUT2D eigenvalue weighted by atomic mass is 9.89. The van der Waals surface area contributed by atoms with Gasteiger partial charge in [-0.05, 0) is 39.0 Å². The molecule has 0 heterocycles. The van der Waals surface area contributed by atoms with Crippen molar-refractivity contribution in [2.45, 2.75) is 92.1 Å². The molecule has 0 saturated heterocycles. The molecule has 0 bridgehead atoms. The van der Waals surface area contributed by atoms with Crippen LogP contribution in [-0.2, 0) is 23.8 Å². The second-order valence-corrected chi connectivity index (χ2v) is 8.72. The smallest absolute Gasteiger partial charge is 0.305 e. The molecule has 0 aromatic rings. The van der Waals surface area contributed by atoms with Gasteiger partial charge in [0.15, 0.2) is 6.29 Å². The molecule has 7 heteroatoms. The Bertz CT molecular complexity index is 439. The van der Waals surface area contributed by atoms with Crippen molar-refractivity contribution in [2.75, 3.05) is 19.8 Å². The molecule has 0 aromatic carbocycles. The Hall–Kier alpha value is -1.18. The van der Waals surface area contributed by atoms with E-state index >= 15 is 0 Å². The molecular weight excluding hydrogens is 350 g/mol. The molecule has 0 aromatic heterocycles. The lowest BCUT2D eigenvalue weighted by Gasteiger charge is -2.35. The first-order valence-electron chi connectivity index (χ1n) is 9.75. The molecule has 1 amide bonds. The third-order valence-electron chi connectivity index (χ3n) is 3.67. The maximum atomic E-state index is 11.9. The molecule has 27 heavy (non-hydrogen) atoms. The van der Waals surface area contributed by atoms with Gasteiger partial charge in [0.05, 0.1) is 18.3 Å². The van der Waals surface area contributed by atoms with E-state index in [9.17, 15) is 14.7 Å². The van der Waals surface area contributed by atoms with Crippen molar-refractivity contribution < 1.29 is 28.9 Å². The van der Waals surface area contributed by atoms with Crippen LogP contribution in [0.4, 0.5) is 0 Å². The zero-order valence-corrected chi connectivity index (χ0v) is 18.1. The van der Waals surface area contributed by atoms with Crippen LogP contribution >= 0.6 is 0 Å². The summed E-state index contributed by atoms with van der Waals surface area (Å²) in [6.07, 6.45) is 0.534. The van der Waals surface area contributed by atoms with E-state index in [2.05, 4.69) is 5.32 Å². The summed E-state index contributed by atoms with van der Waals surface area (Å²) in [5.41, 5.74) is -0.781. The third kappa shape index (κ3) is 13.6. The van der Waals surface area contributed by atoms with Crippen molar-refractivity contribution >= 4 is 11.9 Å². The van der Waals surface area contributed by atoms with Gasteiger partial charge < -0.3 is 24.6 Å². The number of esters is 1. The van der Waals surface area contributed by atoms with E-state index in [1.165, 1.54) is 0 Å². The van der Waals surface area contributed by atoms with E-state index in [1.807, 2.05) is 48.5 Å². The number of aliphatic hydroxyl groups is 1. The minimum absolute atomic E-state index is 0.0575. The molecule has 2 unspecified atom stereocenters. The molecule has 0 fully saturated rings. The van der Waals surface area contributed by atoms with E-state index in [4.69, 9.17) is 14.2 Å². The Balaban J connectivity index is 4.50. The monoisotopic (exact) mass is 389 g/mol. The number of ether oxygens (including phenoxy) is 3. The largest absolute Gasteiger partial charge is 0.460 e. The molecule has 0 aliphatic rings. The van der Waals surface area contributed by atoms with Gasteiger partial charge in [-0.1, -0.05) is 27.7 Å².